The molecule has 0 bridgehead atoms. The Labute approximate surface area is 95.5 Å². The first-order valence-corrected chi connectivity index (χ1v) is 5.75. The molecule has 0 spiro atoms. The van der Waals surface area contributed by atoms with Gasteiger partial charge in [0, 0.05) is 13.0 Å². The Morgan fingerprint density at radius 2 is 2.25 bits per heavy atom. The van der Waals surface area contributed by atoms with E-state index in [1.807, 2.05) is 0 Å². The van der Waals surface area contributed by atoms with E-state index in [4.69, 9.17) is 9.47 Å². The summed E-state index contributed by atoms with van der Waals surface area (Å²) in [7, 11) is 0. The minimum atomic E-state index is -0.322. The van der Waals surface area contributed by atoms with E-state index in [9.17, 15) is 9.59 Å². The predicted octanol–water partition coefficient (Wildman–Crippen LogP) is 0.625. The Morgan fingerprint density at radius 3 is 2.88 bits per heavy atom. The van der Waals surface area contributed by atoms with Crippen LogP contribution in [0.3, 0.4) is 0 Å². The first-order chi connectivity index (χ1) is 7.72. The van der Waals surface area contributed by atoms with Crippen LogP contribution in [0.2, 0.25) is 0 Å². The molecule has 5 heteroatoms. The lowest BCUT2D eigenvalue weighted by atomic mass is 10.1. The van der Waals surface area contributed by atoms with Gasteiger partial charge in [-0.05, 0) is 19.8 Å². The third-order valence-corrected chi connectivity index (χ3v) is 2.39. The van der Waals surface area contributed by atoms with Crippen molar-refractivity contribution in [1.29, 1.82) is 0 Å². The van der Waals surface area contributed by atoms with Crippen LogP contribution >= 0.6 is 0 Å². The van der Waals surface area contributed by atoms with Gasteiger partial charge in [0.2, 0.25) is 5.91 Å². The Hall–Kier alpha value is -1.10. The van der Waals surface area contributed by atoms with Gasteiger partial charge in [0.25, 0.3) is 0 Å². The van der Waals surface area contributed by atoms with Crippen LogP contribution in [0.25, 0.3) is 0 Å². The van der Waals surface area contributed by atoms with Crippen LogP contribution in [0.5, 0.6) is 0 Å². The maximum absolute atomic E-state index is 11.4. The van der Waals surface area contributed by atoms with Crippen molar-refractivity contribution < 1.29 is 19.1 Å². The van der Waals surface area contributed by atoms with Gasteiger partial charge < -0.3 is 14.8 Å². The maximum Gasteiger partial charge on any atom is 0.306 e. The Kier molecular flexibility index (Phi) is 5.85. The quantitative estimate of drug-likeness (QED) is 0.702. The minimum absolute atomic E-state index is 0.100. The zero-order valence-electron chi connectivity index (χ0n) is 9.66. The number of amides is 1. The van der Waals surface area contributed by atoms with Crippen LogP contribution in [0.4, 0.5) is 0 Å². The van der Waals surface area contributed by atoms with Crippen LogP contribution in [0.15, 0.2) is 0 Å². The standard InChI is InChI=1S/C11H19NO4/c1-2-16-11(14)6-5-10(13)12-9-4-3-7-15-8-9/h9H,2-8H2,1H3,(H,12,13). The van der Waals surface area contributed by atoms with Crippen LogP contribution in [-0.2, 0) is 19.1 Å². The van der Waals surface area contributed by atoms with E-state index in [1.165, 1.54) is 0 Å². The largest absolute Gasteiger partial charge is 0.466 e. The fourth-order valence-corrected chi connectivity index (χ4v) is 1.60. The summed E-state index contributed by atoms with van der Waals surface area (Å²) in [4.78, 5) is 22.5. The van der Waals surface area contributed by atoms with E-state index in [0.717, 1.165) is 19.4 Å². The van der Waals surface area contributed by atoms with Crippen molar-refractivity contribution in [2.75, 3.05) is 19.8 Å². The lowest BCUT2D eigenvalue weighted by Gasteiger charge is -2.22. The normalized spacial score (nSPS) is 20.2. The molecular weight excluding hydrogens is 210 g/mol. The second-order valence-electron chi connectivity index (χ2n) is 3.79. The second kappa shape index (κ2) is 7.22. The summed E-state index contributed by atoms with van der Waals surface area (Å²) in [5.74, 6) is -0.430. The molecule has 1 atom stereocenters. The highest BCUT2D eigenvalue weighted by Gasteiger charge is 2.16. The Balaban J connectivity index is 2.12. The van der Waals surface area contributed by atoms with E-state index in [0.29, 0.717) is 13.2 Å². The van der Waals surface area contributed by atoms with Crippen LogP contribution < -0.4 is 5.32 Å². The summed E-state index contributed by atoms with van der Waals surface area (Å²) in [6.45, 7) is 3.45. The second-order valence-corrected chi connectivity index (χ2v) is 3.79. The molecular formula is C11H19NO4. The summed E-state index contributed by atoms with van der Waals surface area (Å²) in [5.41, 5.74) is 0. The van der Waals surface area contributed by atoms with E-state index >= 15 is 0 Å². The Bertz CT molecular complexity index is 236. The molecule has 0 radical (unpaired) electrons. The van der Waals surface area contributed by atoms with Gasteiger partial charge in [0.15, 0.2) is 0 Å². The SMILES string of the molecule is CCOC(=O)CCC(=O)NC1CCCOC1. The summed E-state index contributed by atoms with van der Waals surface area (Å²) in [6, 6.07) is 0.100. The third-order valence-electron chi connectivity index (χ3n) is 2.39. The molecule has 0 aromatic carbocycles. The molecule has 0 saturated carbocycles. The molecule has 92 valence electrons. The fraction of sp³-hybridized carbons (Fsp3) is 0.818. The zero-order valence-corrected chi connectivity index (χ0v) is 9.66. The predicted molar refractivity (Wildman–Crippen MR) is 57.9 cm³/mol. The first kappa shape index (κ1) is 13.0. The summed E-state index contributed by atoms with van der Waals surface area (Å²) in [6.07, 6.45) is 2.26. The van der Waals surface area contributed by atoms with Gasteiger partial charge in [0.1, 0.15) is 0 Å². The van der Waals surface area contributed by atoms with Gasteiger partial charge in [-0.25, -0.2) is 0 Å². The van der Waals surface area contributed by atoms with E-state index in [-0.39, 0.29) is 30.8 Å². The monoisotopic (exact) mass is 229 g/mol. The zero-order chi connectivity index (χ0) is 11.8. The lowest BCUT2D eigenvalue weighted by molar-refractivity contribution is -0.144. The van der Waals surface area contributed by atoms with Crippen molar-refractivity contribution in [2.24, 2.45) is 0 Å². The highest BCUT2D eigenvalue weighted by Crippen LogP contribution is 2.06. The molecule has 1 saturated heterocycles. The van der Waals surface area contributed by atoms with Gasteiger partial charge in [-0.2, -0.15) is 0 Å². The summed E-state index contributed by atoms with van der Waals surface area (Å²) >= 11 is 0. The molecule has 1 fully saturated rings. The number of nitrogens with one attached hydrogen (secondary N) is 1. The molecule has 1 heterocycles. The first-order valence-electron chi connectivity index (χ1n) is 5.75. The number of carbonyl (C=O) groups excluding carboxylic acids is 2. The average Bonchev–Trinajstić information content (AvgIpc) is 2.28. The maximum atomic E-state index is 11.4. The molecule has 1 amide bonds. The van der Waals surface area contributed by atoms with Gasteiger partial charge in [-0.1, -0.05) is 0 Å². The Morgan fingerprint density at radius 1 is 1.44 bits per heavy atom. The van der Waals surface area contributed by atoms with Crippen molar-refractivity contribution in [3.8, 4) is 0 Å². The van der Waals surface area contributed by atoms with Gasteiger partial charge >= 0.3 is 5.97 Å². The van der Waals surface area contributed by atoms with Gasteiger partial charge in [-0.3, -0.25) is 9.59 Å². The number of rotatable bonds is 5. The molecule has 1 N–H and O–H groups in total. The van der Waals surface area contributed by atoms with E-state index in [1.54, 1.807) is 6.92 Å². The van der Waals surface area contributed by atoms with Crippen molar-refractivity contribution in [2.45, 2.75) is 38.6 Å². The van der Waals surface area contributed by atoms with Crippen molar-refractivity contribution in [1.82, 2.24) is 5.32 Å². The topological polar surface area (TPSA) is 64.6 Å². The molecule has 1 aliphatic rings. The van der Waals surface area contributed by atoms with E-state index < -0.39 is 0 Å². The highest BCUT2D eigenvalue weighted by molar-refractivity contribution is 5.81. The molecule has 16 heavy (non-hydrogen) atoms. The fourth-order valence-electron chi connectivity index (χ4n) is 1.60. The molecule has 5 nitrogen and oxygen atoms in total. The highest BCUT2D eigenvalue weighted by atomic mass is 16.5. The number of carbonyl (C=O) groups is 2. The molecule has 1 rings (SSSR count). The van der Waals surface area contributed by atoms with Gasteiger partial charge in [0.05, 0.1) is 25.7 Å². The van der Waals surface area contributed by atoms with Crippen LogP contribution in [-0.4, -0.2) is 37.7 Å². The number of hydrogen-bond donors (Lipinski definition) is 1. The summed E-state index contributed by atoms with van der Waals surface area (Å²) in [5, 5.41) is 2.84. The molecule has 0 aromatic heterocycles. The molecule has 0 aromatic rings. The number of hydrogen-bond acceptors (Lipinski definition) is 4. The molecule has 1 aliphatic heterocycles. The number of esters is 1. The lowest BCUT2D eigenvalue weighted by Crippen LogP contribution is -2.40. The smallest absolute Gasteiger partial charge is 0.306 e. The summed E-state index contributed by atoms with van der Waals surface area (Å²) < 4.78 is 9.98. The number of ether oxygens (including phenoxy) is 2. The van der Waals surface area contributed by atoms with Crippen LogP contribution in [0, 0.1) is 0 Å². The van der Waals surface area contributed by atoms with E-state index in [2.05, 4.69) is 5.32 Å². The minimum Gasteiger partial charge on any atom is -0.466 e. The van der Waals surface area contributed by atoms with Crippen molar-refractivity contribution >= 4 is 11.9 Å². The van der Waals surface area contributed by atoms with Crippen molar-refractivity contribution in [3.63, 3.8) is 0 Å². The third kappa shape index (κ3) is 5.11. The van der Waals surface area contributed by atoms with Gasteiger partial charge in [-0.15, -0.1) is 0 Å². The molecule has 1 unspecified atom stereocenters. The van der Waals surface area contributed by atoms with Crippen LogP contribution in [0.1, 0.15) is 32.6 Å². The van der Waals surface area contributed by atoms with Crippen molar-refractivity contribution in [3.05, 3.63) is 0 Å². The average molecular weight is 229 g/mol. The molecule has 0 aliphatic carbocycles.